The van der Waals surface area contributed by atoms with E-state index in [4.69, 9.17) is 5.73 Å². The van der Waals surface area contributed by atoms with Crippen LogP contribution in [0.4, 0.5) is 11.5 Å². The van der Waals surface area contributed by atoms with Crippen LogP contribution in [0.5, 0.6) is 0 Å². The molecule has 0 aromatic carbocycles. The number of nitrogens with two attached hydrogens (primary N) is 1. The average molecular weight is 278 g/mol. The molecule has 20 heavy (non-hydrogen) atoms. The van der Waals surface area contributed by atoms with Gasteiger partial charge in [-0.15, -0.1) is 0 Å². The van der Waals surface area contributed by atoms with Gasteiger partial charge in [-0.3, -0.25) is 9.59 Å². The van der Waals surface area contributed by atoms with E-state index in [0.29, 0.717) is 43.9 Å². The maximum atomic E-state index is 11.8. The molecule has 0 saturated carbocycles. The summed E-state index contributed by atoms with van der Waals surface area (Å²) in [6, 6.07) is 3.32. The fourth-order valence-corrected chi connectivity index (χ4v) is 1.84. The topological polar surface area (TPSA) is 88.3 Å². The number of amides is 2. The summed E-state index contributed by atoms with van der Waals surface area (Å²) in [6.07, 6.45) is 2.77. The summed E-state index contributed by atoms with van der Waals surface area (Å²) in [5.41, 5.74) is 6.07. The Bertz CT molecular complexity index is 441. The van der Waals surface area contributed by atoms with Gasteiger partial charge in [-0.25, -0.2) is 4.98 Å². The van der Waals surface area contributed by atoms with E-state index in [1.807, 2.05) is 13.8 Å². The van der Waals surface area contributed by atoms with Crippen molar-refractivity contribution in [1.82, 2.24) is 9.88 Å². The number of carbonyl (C=O) groups is 2. The molecule has 0 fully saturated rings. The SMILES string of the molecule is CCN(CC)C(=O)CCCC(=O)Nc1ccc(N)nc1. The molecule has 0 radical (unpaired) electrons. The van der Waals surface area contributed by atoms with Crippen molar-refractivity contribution in [1.29, 1.82) is 0 Å². The Morgan fingerprint density at radius 3 is 2.50 bits per heavy atom. The molecule has 0 spiro atoms. The first kappa shape index (κ1) is 15.9. The van der Waals surface area contributed by atoms with Crippen molar-refractivity contribution in [3.8, 4) is 0 Å². The molecular weight excluding hydrogens is 256 g/mol. The summed E-state index contributed by atoms with van der Waals surface area (Å²) in [5, 5.41) is 2.72. The normalized spacial score (nSPS) is 10.1. The van der Waals surface area contributed by atoms with Crippen LogP contribution in [-0.2, 0) is 9.59 Å². The summed E-state index contributed by atoms with van der Waals surface area (Å²) in [6.45, 7) is 5.31. The van der Waals surface area contributed by atoms with Gasteiger partial charge in [0, 0.05) is 25.9 Å². The molecule has 110 valence electrons. The lowest BCUT2D eigenvalue weighted by Crippen LogP contribution is -2.30. The van der Waals surface area contributed by atoms with Gasteiger partial charge >= 0.3 is 0 Å². The quantitative estimate of drug-likeness (QED) is 0.793. The Morgan fingerprint density at radius 1 is 1.25 bits per heavy atom. The highest BCUT2D eigenvalue weighted by molar-refractivity contribution is 5.90. The van der Waals surface area contributed by atoms with Crippen molar-refractivity contribution in [2.75, 3.05) is 24.1 Å². The fourth-order valence-electron chi connectivity index (χ4n) is 1.84. The molecule has 1 aromatic rings. The van der Waals surface area contributed by atoms with E-state index in [0.717, 1.165) is 0 Å². The lowest BCUT2D eigenvalue weighted by molar-refractivity contribution is -0.130. The van der Waals surface area contributed by atoms with Crippen LogP contribution in [0.3, 0.4) is 0 Å². The first-order valence-corrected chi connectivity index (χ1v) is 6.86. The van der Waals surface area contributed by atoms with Gasteiger partial charge < -0.3 is 16.0 Å². The van der Waals surface area contributed by atoms with E-state index >= 15 is 0 Å². The van der Waals surface area contributed by atoms with Gasteiger partial charge in [-0.05, 0) is 32.4 Å². The third-order valence-electron chi connectivity index (χ3n) is 2.98. The number of carbonyl (C=O) groups excluding carboxylic acids is 2. The van der Waals surface area contributed by atoms with E-state index in [2.05, 4.69) is 10.3 Å². The van der Waals surface area contributed by atoms with Crippen molar-refractivity contribution in [2.24, 2.45) is 0 Å². The van der Waals surface area contributed by atoms with Crippen molar-refractivity contribution in [2.45, 2.75) is 33.1 Å². The number of hydrogen-bond acceptors (Lipinski definition) is 4. The van der Waals surface area contributed by atoms with Crippen molar-refractivity contribution in [3.63, 3.8) is 0 Å². The van der Waals surface area contributed by atoms with E-state index in [9.17, 15) is 9.59 Å². The van der Waals surface area contributed by atoms with Gasteiger partial charge in [-0.1, -0.05) is 0 Å². The summed E-state index contributed by atoms with van der Waals surface area (Å²) in [7, 11) is 0. The molecule has 0 unspecified atom stereocenters. The predicted octanol–water partition coefficient (Wildman–Crippen LogP) is 1.64. The standard InChI is InChI=1S/C14H22N4O2/c1-3-18(4-2)14(20)7-5-6-13(19)17-11-8-9-12(15)16-10-11/h8-10H,3-7H2,1-2H3,(H2,15,16)(H,17,19). The van der Waals surface area contributed by atoms with Crippen molar-refractivity contribution in [3.05, 3.63) is 18.3 Å². The highest BCUT2D eigenvalue weighted by Gasteiger charge is 2.10. The average Bonchev–Trinajstić information content (AvgIpc) is 2.43. The van der Waals surface area contributed by atoms with Gasteiger partial charge in [0.1, 0.15) is 5.82 Å². The highest BCUT2D eigenvalue weighted by Crippen LogP contribution is 2.08. The number of nitrogen functional groups attached to an aromatic ring is 1. The van der Waals surface area contributed by atoms with E-state index in [1.165, 1.54) is 6.20 Å². The molecular formula is C14H22N4O2. The molecule has 1 rings (SSSR count). The Balaban J connectivity index is 2.30. The molecule has 0 aliphatic carbocycles. The summed E-state index contributed by atoms with van der Waals surface area (Å²) in [4.78, 5) is 29.1. The molecule has 0 saturated heterocycles. The predicted molar refractivity (Wildman–Crippen MR) is 79.1 cm³/mol. The van der Waals surface area contributed by atoms with Crippen LogP contribution in [0.25, 0.3) is 0 Å². The molecule has 0 aliphatic heterocycles. The van der Waals surface area contributed by atoms with E-state index < -0.39 is 0 Å². The Labute approximate surface area is 119 Å². The summed E-state index contributed by atoms with van der Waals surface area (Å²) in [5.74, 6) is 0.383. The third kappa shape index (κ3) is 5.26. The Kier molecular flexibility index (Phi) is 6.49. The monoisotopic (exact) mass is 278 g/mol. The number of rotatable bonds is 7. The lowest BCUT2D eigenvalue weighted by atomic mass is 10.2. The smallest absolute Gasteiger partial charge is 0.224 e. The summed E-state index contributed by atoms with van der Waals surface area (Å²) < 4.78 is 0. The number of aromatic nitrogens is 1. The molecule has 1 aromatic heterocycles. The molecule has 6 heteroatoms. The van der Waals surface area contributed by atoms with Crippen LogP contribution in [0.2, 0.25) is 0 Å². The zero-order valence-corrected chi connectivity index (χ0v) is 12.1. The number of nitrogens with one attached hydrogen (secondary N) is 1. The van der Waals surface area contributed by atoms with Gasteiger partial charge in [0.05, 0.1) is 11.9 Å². The molecule has 0 atom stereocenters. The van der Waals surface area contributed by atoms with E-state index in [1.54, 1.807) is 17.0 Å². The van der Waals surface area contributed by atoms with Crippen LogP contribution in [0.15, 0.2) is 18.3 Å². The van der Waals surface area contributed by atoms with Crippen LogP contribution in [0.1, 0.15) is 33.1 Å². The third-order valence-corrected chi connectivity index (χ3v) is 2.98. The minimum atomic E-state index is -0.121. The highest BCUT2D eigenvalue weighted by atomic mass is 16.2. The number of nitrogens with zero attached hydrogens (tertiary/aromatic N) is 2. The van der Waals surface area contributed by atoms with Crippen LogP contribution in [0, 0.1) is 0 Å². The molecule has 1 heterocycles. The first-order valence-electron chi connectivity index (χ1n) is 6.86. The molecule has 6 nitrogen and oxygen atoms in total. The zero-order valence-electron chi connectivity index (χ0n) is 12.1. The van der Waals surface area contributed by atoms with Gasteiger partial charge in [0.25, 0.3) is 0 Å². The first-order chi connectivity index (χ1) is 9.56. The second-order valence-electron chi connectivity index (χ2n) is 4.44. The summed E-state index contributed by atoms with van der Waals surface area (Å²) >= 11 is 0. The second kappa shape index (κ2) is 8.14. The molecule has 0 bridgehead atoms. The second-order valence-corrected chi connectivity index (χ2v) is 4.44. The molecule has 2 amide bonds. The van der Waals surface area contributed by atoms with Gasteiger partial charge in [0.15, 0.2) is 0 Å². The Morgan fingerprint density at radius 2 is 1.95 bits per heavy atom. The number of anilines is 2. The van der Waals surface area contributed by atoms with Gasteiger partial charge in [0.2, 0.25) is 11.8 Å². The molecule has 3 N–H and O–H groups in total. The van der Waals surface area contributed by atoms with Crippen molar-refractivity contribution >= 4 is 23.3 Å². The lowest BCUT2D eigenvalue weighted by Gasteiger charge is -2.18. The Hall–Kier alpha value is -2.11. The van der Waals surface area contributed by atoms with E-state index in [-0.39, 0.29) is 11.8 Å². The van der Waals surface area contributed by atoms with Crippen LogP contribution >= 0.6 is 0 Å². The van der Waals surface area contributed by atoms with Gasteiger partial charge in [-0.2, -0.15) is 0 Å². The minimum absolute atomic E-state index is 0.0944. The number of hydrogen-bond donors (Lipinski definition) is 2. The maximum absolute atomic E-state index is 11.8. The minimum Gasteiger partial charge on any atom is -0.384 e. The fraction of sp³-hybridized carbons (Fsp3) is 0.500. The largest absolute Gasteiger partial charge is 0.384 e. The van der Waals surface area contributed by atoms with Crippen molar-refractivity contribution < 1.29 is 9.59 Å². The number of pyridine rings is 1. The zero-order chi connectivity index (χ0) is 15.0. The van der Waals surface area contributed by atoms with Crippen LogP contribution in [-0.4, -0.2) is 34.8 Å². The van der Waals surface area contributed by atoms with Crippen LogP contribution < -0.4 is 11.1 Å². The molecule has 0 aliphatic rings. The maximum Gasteiger partial charge on any atom is 0.224 e.